The van der Waals surface area contributed by atoms with Gasteiger partial charge in [0.25, 0.3) is 0 Å². The van der Waals surface area contributed by atoms with Crippen LogP contribution in [0.1, 0.15) is 22.5 Å². The van der Waals surface area contributed by atoms with E-state index < -0.39 is 0 Å². The van der Waals surface area contributed by atoms with Crippen LogP contribution in [0.2, 0.25) is 0 Å². The van der Waals surface area contributed by atoms with E-state index in [1.807, 2.05) is 37.4 Å². The molecular weight excluding hydrogens is 360 g/mol. The molecule has 1 N–H and O–H groups in total. The normalized spacial score (nSPS) is 14.2. The van der Waals surface area contributed by atoms with Crippen LogP contribution in [0.25, 0.3) is 0 Å². The summed E-state index contributed by atoms with van der Waals surface area (Å²) in [5.41, 5.74) is 6.01. The molecule has 1 aromatic carbocycles. The third kappa shape index (κ3) is 4.47. The molecule has 3 aromatic rings. The van der Waals surface area contributed by atoms with E-state index in [4.69, 9.17) is 4.98 Å². The van der Waals surface area contributed by atoms with Gasteiger partial charge in [-0.25, -0.2) is 4.98 Å². The number of rotatable bonds is 5. The fourth-order valence-corrected chi connectivity index (χ4v) is 3.69. The van der Waals surface area contributed by atoms with Crippen molar-refractivity contribution >= 4 is 17.5 Å². The van der Waals surface area contributed by atoms with Gasteiger partial charge >= 0.3 is 0 Å². The summed E-state index contributed by atoms with van der Waals surface area (Å²) in [5.74, 6) is 1.64. The molecule has 0 atom stereocenters. The Bertz CT molecular complexity index is 964. The molecule has 150 valence electrons. The van der Waals surface area contributed by atoms with Crippen molar-refractivity contribution in [1.29, 1.82) is 0 Å². The van der Waals surface area contributed by atoms with Crippen LogP contribution < -0.4 is 15.1 Å². The molecule has 1 aliphatic rings. The van der Waals surface area contributed by atoms with Crippen molar-refractivity contribution in [2.45, 2.75) is 27.3 Å². The Morgan fingerprint density at radius 2 is 1.69 bits per heavy atom. The molecule has 0 amide bonds. The van der Waals surface area contributed by atoms with E-state index in [0.29, 0.717) is 6.54 Å². The van der Waals surface area contributed by atoms with Crippen LogP contribution in [-0.2, 0) is 6.54 Å². The van der Waals surface area contributed by atoms with Crippen LogP contribution in [0.3, 0.4) is 0 Å². The summed E-state index contributed by atoms with van der Waals surface area (Å²) in [6.07, 6.45) is 1.81. The molecule has 0 unspecified atom stereocenters. The maximum atomic E-state index is 4.76. The minimum atomic E-state index is 0.650. The van der Waals surface area contributed by atoms with Gasteiger partial charge in [-0.15, -0.1) is 0 Å². The number of anilines is 3. The second kappa shape index (κ2) is 8.47. The van der Waals surface area contributed by atoms with Gasteiger partial charge < -0.3 is 15.1 Å². The molecule has 0 spiro atoms. The second-order valence-electron chi connectivity index (χ2n) is 7.56. The average Bonchev–Trinajstić information content (AvgIpc) is 2.75. The molecule has 6 heteroatoms. The molecule has 1 fully saturated rings. The lowest BCUT2D eigenvalue weighted by Crippen LogP contribution is -2.47. The highest BCUT2D eigenvalue weighted by Crippen LogP contribution is 2.25. The molecule has 0 bridgehead atoms. The highest BCUT2D eigenvalue weighted by molar-refractivity contribution is 5.57. The third-order valence-corrected chi connectivity index (χ3v) is 5.50. The van der Waals surface area contributed by atoms with Gasteiger partial charge in [-0.3, -0.25) is 4.98 Å². The van der Waals surface area contributed by atoms with Crippen LogP contribution in [-0.4, -0.2) is 41.1 Å². The van der Waals surface area contributed by atoms with E-state index >= 15 is 0 Å². The number of nitrogens with one attached hydrogen (secondary N) is 1. The van der Waals surface area contributed by atoms with Gasteiger partial charge in [0.2, 0.25) is 5.95 Å². The monoisotopic (exact) mass is 388 g/mol. The molecule has 1 aliphatic heterocycles. The van der Waals surface area contributed by atoms with Gasteiger partial charge in [0.1, 0.15) is 5.82 Å². The van der Waals surface area contributed by atoms with Crippen LogP contribution in [0.4, 0.5) is 17.5 Å². The number of piperazine rings is 1. The Hall–Kier alpha value is -3.15. The predicted octanol–water partition coefficient (Wildman–Crippen LogP) is 3.74. The fraction of sp³-hybridized carbons (Fsp3) is 0.348. The number of aromatic nitrogens is 3. The van der Waals surface area contributed by atoms with Crippen molar-refractivity contribution in [2.24, 2.45) is 0 Å². The number of pyridine rings is 1. The first-order valence-corrected chi connectivity index (χ1v) is 10.2. The molecule has 6 nitrogen and oxygen atoms in total. The standard InChI is InChI=1S/C23H28N6/c1-17-7-6-9-21(19(17)3)28-11-13-29(14-12-28)23-26-18(2)15-22(27-23)25-16-20-8-4-5-10-24-20/h4-10,15H,11-14,16H2,1-3H3,(H,25,26,27). The van der Waals surface area contributed by atoms with E-state index in [1.54, 1.807) is 0 Å². The zero-order chi connectivity index (χ0) is 20.2. The molecule has 0 saturated carbocycles. The summed E-state index contributed by atoms with van der Waals surface area (Å²) in [5, 5.41) is 3.38. The molecule has 2 aromatic heterocycles. The minimum Gasteiger partial charge on any atom is -0.368 e. The van der Waals surface area contributed by atoms with Crippen molar-refractivity contribution in [1.82, 2.24) is 15.0 Å². The highest BCUT2D eigenvalue weighted by Gasteiger charge is 2.21. The van der Waals surface area contributed by atoms with Crippen molar-refractivity contribution in [3.05, 3.63) is 71.2 Å². The van der Waals surface area contributed by atoms with Gasteiger partial charge in [-0.2, -0.15) is 4.98 Å². The first-order chi connectivity index (χ1) is 14.1. The minimum absolute atomic E-state index is 0.650. The number of aryl methyl sites for hydroxylation is 2. The van der Waals surface area contributed by atoms with Crippen LogP contribution in [0.5, 0.6) is 0 Å². The second-order valence-corrected chi connectivity index (χ2v) is 7.56. The lowest BCUT2D eigenvalue weighted by atomic mass is 10.1. The Kier molecular flexibility index (Phi) is 5.60. The Labute approximate surface area is 172 Å². The maximum absolute atomic E-state index is 4.76. The molecule has 29 heavy (non-hydrogen) atoms. The zero-order valence-electron chi connectivity index (χ0n) is 17.4. The van der Waals surface area contributed by atoms with Crippen molar-refractivity contribution in [2.75, 3.05) is 41.3 Å². The zero-order valence-corrected chi connectivity index (χ0v) is 17.4. The molecule has 0 aliphatic carbocycles. The van der Waals surface area contributed by atoms with E-state index in [-0.39, 0.29) is 0 Å². The topological polar surface area (TPSA) is 57.2 Å². The summed E-state index contributed by atoms with van der Waals surface area (Å²) in [6.45, 7) is 10.8. The summed E-state index contributed by atoms with van der Waals surface area (Å²) in [6, 6.07) is 14.5. The van der Waals surface area contributed by atoms with E-state index in [1.165, 1.54) is 16.8 Å². The lowest BCUT2D eigenvalue weighted by Gasteiger charge is -2.37. The van der Waals surface area contributed by atoms with Crippen LogP contribution in [0, 0.1) is 20.8 Å². The first-order valence-electron chi connectivity index (χ1n) is 10.2. The van der Waals surface area contributed by atoms with Crippen molar-refractivity contribution in [3.63, 3.8) is 0 Å². The van der Waals surface area contributed by atoms with Crippen molar-refractivity contribution in [3.8, 4) is 0 Å². The molecule has 1 saturated heterocycles. The van der Waals surface area contributed by atoms with Crippen molar-refractivity contribution < 1.29 is 0 Å². The first kappa shape index (κ1) is 19.2. The lowest BCUT2D eigenvalue weighted by molar-refractivity contribution is 0.638. The van der Waals surface area contributed by atoms with Gasteiger partial charge in [0, 0.05) is 49.8 Å². The van der Waals surface area contributed by atoms with Crippen LogP contribution in [0.15, 0.2) is 48.7 Å². The predicted molar refractivity (Wildman–Crippen MR) is 119 cm³/mol. The van der Waals surface area contributed by atoms with Gasteiger partial charge in [0.15, 0.2) is 0 Å². The fourth-order valence-electron chi connectivity index (χ4n) is 3.69. The van der Waals surface area contributed by atoms with Gasteiger partial charge in [-0.05, 0) is 50.1 Å². The van der Waals surface area contributed by atoms with Gasteiger partial charge in [0.05, 0.1) is 12.2 Å². The SMILES string of the molecule is Cc1cc(NCc2ccccn2)nc(N2CCN(c3cccc(C)c3C)CC2)n1. The number of hydrogen-bond donors (Lipinski definition) is 1. The van der Waals surface area contributed by atoms with E-state index in [0.717, 1.165) is 49.3 Å². The Morgan fingerprint density at radius 1 is 0.897 bits per heavy atom. The smallest absolute Gasteiger partial charge is 0.227 e. The van der Waals surface area contributed by atoms with Crippen LogP contribution >= 0.6 is 0 Å². The summed E-state index contributed by atoms with van der Waals surface area (Å²) in [4.78, 5) is 18.5. The maximum Gasteiger partial charge on any atom is 0.227 e. The van der Waals surface area contributed by atoms with E-state index in [2.05, 4.69) is 57.1 Å². The molecule has 4 rings (SSSR count). The molecular formula is C23H28N6. The number of nitrogens with zero attached hydrogens (tertiary/aromatic N) is 5. The van der Waals surface area contributed by atoms with Gasteiger partial charge in [-0.1, -0.05) is 18.2 Å². The summed E-state index contributed by atoms with van der Waals surface area (Å²) >= 11 is 0. The van der Waals surface area contributed by atoms with E-state index in [9.17, 15) is 0 Å². The molecule has 3 heterocycles. The Balaban J connectivity index is 1.43. The largest absolute Gasteiger partial charge is 0.368 e. The molecule has 0 radical (unpaired) electrons. The quantitative estimate of drug-likeness (QED) is 0.719. The highest BCUT2D eigenvalue weighted by atomic mass is 15.3. The summed E-state index contributed by atoms with van der Waals surface area (Å²) in [7, 11) is 0. The number of hydrogen-bond acceptors (Lipinski definition) is 6. The third-order valence-electron chi connectivity index (χ3n) is 5.50. The summed E-state index contributed by atoms with van der Waals surface area (Å²) < 4.78 is 0. The average molecular weight is 389 g/mol. The number of benzene rings is 1. The Morgan fingerprint density at radius 3 is 2.45 bits per heavy atom.